The fourth-order valence-electron chi connectivity index (χ4n) is 1.76. The maximum Gasteiger partial charge on any atom is 0.225 e. The maximum atomic E-state index is 11.9. The summed E-state index contributed by atoms with van der Waals surface area (Å²) in [5.41, 5.74) is 0.925. The minimum absolute atomic E-state index is 0.118. The first-order valence-electron chi connectivity index (χ1n) is 6.10. The van der Waals surface area contributed by atoms with Crippen molar-refractivity contribution in [1.82, 2.24) is 5.32 Å². The lowest BCUT2D eigenvalue weighted by Gasteiger charge is -2.18. The number of carbonyl (C=O) groups is 1. The molecule has 1 amide bonds. The molecule has 18 heavy (non-hydrogen) atoms. The maximum absolute atomic E-state index is 11.9. The third kappa shape index (κ3) is 3.74. The second kappa shape index (κ2) is 7.01. The van der Waals surface area contributed by atoms with Gasteiger partial charge >= 0.3 is 0 Å². The monoisotopic (exact) mass is 251 g/mol. The van der Waals surface area contributed by atoms with Gasteiger partial charge in [0.2, 0.25) is 5.91 Å². The number of aliphatic hydroxyl groups excluding tert-OH is 1. The van der Waals surface area contributed by atoms with E-state index in [1.54, 1.807) is 7.11 Å². The number of carbonyl (C=O) groups excluding carboxylic acids is 1. The van der Waals surface area contributed by atoms with Gasteiger partial charge in [-0.2, -0.15) is 0 Å². The smallest absolute Gasteiger partial charge is 0.225 e. The van der Waals surface area contributed by atoms with Crippen LogP contribution in [-0.4, -0.2) is 24.7 Å². The standard InChI is InChI=1S/C14H21NO3/c1-10(2)12(9-16)14(17)15-8-11-6-4-5-7-13(11)18-3/h4-7,10,12,16H,8-9H2,1-3H3,(H,15,17). The second-order valence-electron chi connectivity index (χ2n) is 4.56. The number of methoxy groups -OCH3 is 1. The molecule has 0 aliphatic heterocycles. The minimum Gasteiger partial charge on any atom is -0.496 e. The fourth-order valence-corrected chi connectivity index (χ4v) is 1.76. The molecule has 1 aromatic carbocycles. The Hall–Kier alpha value is -1.55. The molecule has 0 bridgehead atoms. The normalized spacial score (nSPS) is 12.3. The summed E-state index contributed by atoms with van der Waals surface area (Å²) in [5.74, 6) is 0.383. The lowest BCUT2D eigenvalue weighted by molar-refractivity contribution is -0.127. The third-order valence-electron chi connectivity index (χ3n) is 2.98. The number of amides is 1. The Morgan fingerprint density at radius 3 is 2.61 bits per heavy atom. The van der Waals surface area contributed by atoms with Crippen LogP contribution < -0.4 is 10.1 Å². The van der Waals surface area contributed by atoms with E-state index in [1.165, 1.54) is 0 Å². The zero-order valence-electron chi connectivity index (χ0n) is 11.1. The van der Waals surface area contributed by atoms with Crippen LogP contribution in [0.2, 0.25) is 0 Å². The number of nitrogens with one attached hydrogen (secondary N) is 1. The van der Waals surface area contributed by atoms with Crippen LogP contribution in [0.15, 0.2) is 24.3 Å². The Kier molecular flexibility index (Phi) is 5.65. The van der Waals surface area contributed by atoms with E-state index in [0.717, 1.165) is 11.3 Å². The van der Waals surface area contributed by atoms with Crippen molar-refractivity contribution in [2.24, 2.45) is 11.8 Å². The molecule has 0 radical (unpaired) electrons. The summed E-state index contributed by atoms with van der Waals surface area (Å²) in [4.78, 5) is 11.9. The van der Waals surface area contributed by atoms with Crippen molar-refractivity contribution in [3.63, 3.8) is 0 Å². The van der Waals surface area contributed by atoms with E-state index in [9.17, 15) is 9.90 Å². The average Bonchev–Trinajstić information content (AvgIpc) is 2.37. The van der Waals surface area contributed by atoms with Crippen LogP contribution in [0.5, 0.6) is 5.75 Å². The number of hydrogen-bond donors (Lipinski definition) is 2. The molecule has 2 N–H and O–H groups in total. The van der Waals surface area contributed by atoms with Crippen LogP contribution in [-0.2, 0) is 11.3 Å². The molecule has 4 heteroatoms. The van der Waals surface area contributed by atoms with Gasteiger partial charge in [-0.3, -0.25) is 4.79 Å². The Morgan fingerprint density at radius 2 is 2.06 bits per heavy atom. The Labute approximate surface area is 108 Å². The molecule has 1 unspecified atom stereocenters. The second-order valence-corrected chi connectivity index (χ2v) is 4.56. The van der Waals surface area contributed by atoms with Gasteiger partial charge in [0.1, 0.15) is 5.75 Å². The van der Waals surface area contributed by atoms with E-state index in [2.05, 4.69) is 5.32 Å². The Morgan fingerprint density at radius 1 is 1.39 bits per heavy atom. The molecule has 1 atom stereocenters. The number of hydrogen-bond acceptors (Lipinski definition) is 3. The lowest BCUT2D eigenvalue weighted by Crippen LogP contribution is -2.35. The zero-order valence-corrected chi connectivity index (χ0v) is 11.1. The van der Waals surface area contributed by atoms with E-state index in [1.807, 2.05) is 38.1 Å². The molecule has 100 valence electrons. The SMILES string of the molecule is COc1ccccc1CNC(=O)C(CO)C(C)C. The molecule has 4 nitrogen and oxygen atoms in total. The molecule has 0 saturated heterocycles. The van der Waals surface area contributed by atoms with Crippen LogP contribution in [0.3, 0.4) is 0 Å². The van der Waals surface area contributed by atoms with Crippen molar-refractivity contribution < 1.29 is 14.6 Å². The van der Waals surface area contributed by atoms with Crippen molar-refractivity contribution in [3.8, 4) is 5.75 Å². The summed E-state index contributed by atoms with van der Waals surface area (Å²) in [5, 5.41) is 12.0. The van der Waals surface area contributed by atoms with Gasteiger partial charge in [-0.25, -0.2) is 0 Å². The van der Waals surface area contributed by atoms with Gasteiger partial charge in [0, 0.05) is 12.1 Å². The lowest BCUT2D eigenvalue weighted by atomic mass is 9.96. The van der Waals surface area contributed by atoms with E-state index in [-0.39, 0.29) is 24.3 Å². The first kappa shape index (κ1) is 14.5. The molecule has 1 rings (SSSR count). The summed E-state index contributed by atoms with van der Waals surface area (Å²) in [6.45, 7) is 4.12. The minimum atomic E-state index is -0.361. The van der Waals surface area contributed by atoms with E-state index < -0.39 is 0 Å². The summed E-state index contributed by atoms with van der Waals surface area (Å²) in [6, 6.07) is 7.54. The van der Waals surface area contributed by atoms with Gasteiger partial charge in [-0.05, 0) is 12.0 Å². The highest BCUT2D eigenvalue weighted by Gasteiger charge is 2.20. The molecule has 1 aromatic rings. The Balaban J connectivity index is 2.62. The summed E-state index contributed by atoms with van der Waals surface area (Å²) < 4.78 is 5.21. The van der Waals surface area contributed by atoms with Crippen molar-refractivity contribution >= 4 is 5.91 Å². The molecule has 0 spiro atoms. The highest BCUT2D eigenvalue weighted by atomic mass is 16.5. The van der Waals surface area contributed by atoms with Gasteiger partial charge in [-0.1, -0.05) is 32.0 Å². The number of benzene rings is 1. The van der Waals surface area contributed by atoms with Gasteiger partial charge in [0.15, 0.2) is 0 Å². The number of aliphatic hydroxyl groups is 1. The summed E-state index contributed by atoms with van der Waals surface area (Å²) >= 11 is 0. The zero-order chi connectivity index (χ0) is 13.5. The van der Waals surface area contributed by atoms with E-state index in [4.69, 9.17) is 4.74 Å². The first-order valence-corrected chi connectivity index (χ1v) is 6.10. The van der Waals surface area contributed by atoms with Crippen LogP contribution in [0.1, 0.15) is 19.4 Å². The fraction of sp³-hybridized carbons (Fsp3) is 0.500. The largest absolute Gasteiger partial charge is 0.496 e. The first-order chi connectivity index (χ1) is 8.60. The molecular formula is C14H21NO3. The van der Waals surface area contributed by atoms with Crippen LogP contribution in [0.25, 0.3) is 0 Å². The quantitative estimate of drug-likeness (QED) is 0.807. The molecular weight excluding hydrogens is 230 g/mol. The van der Waals surface area contributed by atoms with Crippen molar-refractivity contribution in [1.29, 1.82) is 0 Å². The van der Waals surface area contributed by atoms with E-state index in [0.29, 0.717) is 6.54 Å². The van der Waals surface area contributed by atoms with Crippen molar-refractivity contribution in [2.75, 3.05) is 13.7 Å². The number of rotatable bonds is 6. The third-order valence-corrected chi connectivity index (χ3v) is 2.98. The van der Waals surface area contributed by atoms with Crippen molar-refractivity contribution in [3.05, 3.63) is 29.8 Å². The molecule has 0 aliphatic rings. The van der Waals surface area contributed by atoms with E-state index >= 15 is 0 Å². The van der Waals surface area contributed by atoms with Crippen LogP contribution >= 0.6 is 0 Å². The predicted octanol–water partition coefficient (Wildman–Crippen LogP) is 1.58. The average molecular weight is 251 g/mol. The topological polar surface area (TPSA) is 58.6 Å². The molecule has 0 fully saturated rings. The van der Waals surface area contributed by atoms with Gasteiger partial charge in [0.05, 0.1) is 19.6 Å². The summed E-state index contributed by atoms with van der Waals surface area (Å²) in [6.07, 6.45) is 0. The number of ether oxygens (including phenoxy) is 1. The van der Waals surface area contributed by atoms with Gasteiger partial charge in [-0.15, -0.1) is 0 Å². The highest BCUT2D eigenvalue weighted by Crippen LogP contribution is 2.17. The molecule has 0 saturated carbocycles. The highest BCUT2D eigenvalue weighted by molar-refractivity contribution is 5.79. The Bertz CT molecular complexity index is 390. The predicted molar refractivity (Wildman–Crippen MR) is 70.3 cm³/mol. The number of para-hydroxylation sites is 1. The van der Waals surface area contributed by atoms with Crippen molar-refractivity contribution in [2.45, 2.75) is 20.4 Å². The van der Waals surface area contributed by atoms with Gasteiger partial charge < -0.3 is 15.2 Å². The molecule has 0 aliphatic carbocycles. The summed E-state index contributed by atoms with van der Waals surface area (Å²) in [7, 11) is 1.60. The molecule has 0 heterocycles. The van der Waals surface area contributed by atoms with Crippen LogP contribution in [0.4, 0.5) is 0 Å². The van der Waals surface area contributed by atoms with Gasteiger partial charge in [0.25, 0.3) is 0 Å². The molecule has 0 aromatic heterocycles. The van der Waals surface area contributed by atoms with Crippen LogP contribution in [0, 0.1) is 11.8 Å².